The minimum atomic E-state index is -0.00473. The lowest BCUT2D eigenvalue weighted by Gasteiger charge is -2.11. The SMILES string of the molecule is COc1cc(C(=N)N)ccc1OCc1ccc(Cl)s1. The summed E-state index contributed by atoms with van der Waals surface area (Å²) in [5, 5.41) is 7.39. The Hall–Kier alpha value is -1.72. The molecule has 0 amide bonds. The third kappa shape index (κ3) is 3.39. The van der Waals surface area contributed by atoms with Crippen LogP contribution >= 0.6 is 22.9 Å². The predicted molar refractivity (Wildman–Crippen MR) is 77.7 cm³/mol. The Kier molecular flexibility index (Phi) is 4.29. The molecule has 6 heteroatoms. The third-order valence-electron chi connectivity index (χ3n) is 2.47. The molecule has 0 saturated heterocycles. The summed E-state index contributed by atoms with van der Waals surface area (Å²) in [4.78, 5) is 1.03. The first-order chi connectivity index (χ1) is 9.10. The van der Waals surface area contributed by atoms with E-state index >= 15 is 0 Å². The van der Waals surface area contributed by atoms with E-state index in [1.807, 2.05) is 12.1 Å². The lowest BCUT2D eigenvalue weighted by atomic mass is 10.2. The van der Waals surface area contributed by atoms with E-state index in [1.54, 1.807) is 25.3 Å². The summed E-state index contributed by atoms with van der Waals surface area (Å²) in [6, 6.07) is 8.90. The van der Waals surface area contributed by atoms with Gasteiger partial charge in [-0.15, -0.1) is 11.3 Å². The van der Waals surface area contributed by atoms with Crippen LogP contribution in [0.5, 0.6) is 11.5 Å². The van der Waals surface area contributed by atoms with Crippen molar-refractivity contribution in [2.24, 2.45) is 5.73 Å². The Morgan fingerprint density at radius 3 is 2.68 bits per heavy atom. The highest BCUT2D eigenvalue weighted by molar-refractivity contribution is 7.16. The number of nitrogen functional groups attached to an aromatic ring is 1. The van der Waals surface area contributed by atoms with E-state index in [0.29, 0.717) is 23.7 Å². The largest absolute Gasteiger partial charge is 0.493 e. The molecule has 19 heavy (non-hydrogen) atoms. The normalized spacial score (nSPS) is 10.2. The maximum Gasteiger partial charge on any atom is 0.161 e. The smallest absolute Gasteiger partial charge is 0.161 e. The zero-order chi connectivity index (χ0) is 13.8. The van der Waals surface area contributed by atoms with Crippen LogP contribution in [0.1, 0.15) is 10.4 Å². The number of nitrogens with one attached hydrogen (secondary N) is 1. The number of halogens is 1. The molecule has 2 aromatic rings. The van der Waals surface area contributed by atoms with Crippen LogP contribution in [0.15, 0.2) is 30.3 Å². The fourth-order valence-corrected chi connectivity index (χ4v) is 2.53. The van der Waals surface area contributed by atoms with E-state index in [-0.39, 0.29) is 5.84 Å². The van der Waals surface area contributed by atoms with Crippen molar-refractivity contribution in [1.82, 2.24) is 0 Å². The van der Waals surface area contributed by atoms with E-state index in [0.717, 1.165) is 9.21 Å². The van der Waals surface area contributed by atoms with Crippen LogP contribution < -0.4 is 15.2 Å². The molecule has 0 atom stereocenters. The second kappa shape index (κ2) is 5.95. The molecular formula is C13H13ClN2O2S. The predicted octanol–water partition coefficient (Wildman–Crippen LogP) is 3.27. The summed E-state index contributed by atoms with van der Waals surface area (Å²) >= 11 is 7.33. The second-order valence-corrected chi connectivity index (χ2v) is 5.57. The molecule has 0 saturated carbocycles. The van der Waals surface area contributed by atoms with Crippen molar-refractivity contribution in [3.63, 3.8) is 0 Å². The van der Waals surface area contributed by atoms with Crippen LogP contribution in [0.3, 0.4) is 0 Å². The van der Waals surface area contributed by atoms with E-state index in [2.05, 4.69) is 0 Å². The van der Waals surface area contributed by atoms with Crippen LogP contribution in [-0.4, -0.2) is 12.9 Å². The molecule has 1 heterocycles. The number of amidine groups is 1. The van der Waals surface area contributed by atoms with Gasteiger partial charge < -0.3 is 15.2 Å². The molecule has 1 aromatic carbocycles. The average molecular weight is 297 g/mol. The van der Waals surface area contributed by atoms with Crippen LogP contribution in [0.25, 0.3) is 0 Å². The van der Waals surface area contributed by atoms with Gasteiger partial charge in [-0.25, -0.2) is 0 Å². The van der Waals surface area contributed by atoms with E-state index in [1.165, 1.54) is 11.3 Å². The molecule has 2 rings (SSSR count). The highest BCUT2D eigenvalue weighted by atomic mass is 35.5. The lowest BCUT2D eigenvalue weighted by Crippen LogP contribution is -2.11. The maximum absolute atomic E-state index is 7.39. The number of thiophene rings is 1. The quantitative estimate of drug-likeness (QED) is 0.657. The van der Waals surface area contributed by atoms with Crippen molar-refractivity contribution < 1.29 is 9.47 Å². The number of nitrogens with two attached hydrogens (primary N) is 1. The number of hydrogen-bond donors (Lipinski definition) is 2. The fraction of sp³-hybridized carbons (Fsp3) is 0.154. The zero-order valence-electron chi connectivity index (χ0n) is 10.3. The number of hydrogen-bond acceptors (Lipinski definition) is 4. The van der Waals surface area contributed by atoms with Crippen molar-refractivity contribution in [1.29, 1.82) is 5.41 Å². The van der Waals surface area contributed by atoms with Gasteiger partial charge in [-0.1, -0.05) is 11.6 Å². The maximum atomic E-state index is 7.39. The van der Waals surface area contributed by atoms with Crippen molar-refractivity contribution in [3.8, 4) is 11.5 Å². The van der Waals surface area contributed by atoms with E-state index < -0.39 is 0 Å². The Bertz CT molecular complexity index is 598. The molecule has 0 spiro atoms. The van der Waals surface area contributed by atoms with E-state index in [4.69, 9.17) is 32.2 Å². The first kappa shape index (κ1) is 13.7. The molecule has 3 N–H and O–H groups in total. The van der Waals surface area contributed by atoms with Gasteiger partial charge in [0.15, 0.2) is 11.5 Å². The second-order valence-electron chi connectivity index (χ2n) is 3.77. The van der Waals surface area contributed by atoms with Crippen molar-refractivity contribution in [2.45, 2.75) is 6.61 Å². The minimum absolute atomic E-state index is 0.00473. The molecule has 0 bridgehead atoms. The first-order valence-electron chi connectivity index (χ1n) is 5.49. The van der Waals surface area contributed by atoms with Gasteiger partial charge in [-0.3, -0.25) is 5.41 Å². The van der Waals surface area contributed by atoms with Crippen molar-refractivity contribution in [2.75, 3.05) is 7.11 Å². The Labute approximate surface area is 120 Å². The van der Waals surface area contributed by atoms with Gasteiger partial charge in [0.2, 0.25) is 0 Å². The van der Waals surface area contributed by atoms with Gasteiger partial charge >= 0.3 is 0 Å². The molecule has 0 fully saturated rings. The number of rotatable bonds is 5. The minimum Gasteiger partial charge on any atom is -0.493 e. The number of ether oxygens (including phenoxy) is 2. The van der Waals surface area contributed by atoms with Crippen molar-refractivity contribution in [3.05, 3.63) is 45.1 Å². The first-order valence-corrected chi connectivity index (χ1v) is 6.69. The van der Waals surface area contributed by atoms with Gasteiger partial charge in [0.1, 0.15) is 12.4 Å². The summed E-state index contributed by atoms with van der Waals surface area (Å²) in [6.45, 7) is 0.424. The standard InChI is InChI=1S/C13H13ClN2O2S/c1-17-11-6-8(13(15)16)2-4-10(11)18-7-9-3-5-12(14)19-9/h2-6H,7H2,1H3,(H3,15,16). The van der Waals surface area contributed by atoms with Gasteiger partial charge in [-0.2, -0.15) is 0 Å². The molecule has 0 aliphatic rings. The Morgan fingerprint density at radius 1 is 1.32 bits per heavy atom. The topological polar surface area (TPSA) is 68.3 Å². The van der Waals surface area contributed by atoms with E-state index in [9.17, 15) is 0 Å². The van der Waals surface area contributed by atoms with Crippen LogP contribution in [0.2, 0.25) is 4.34 Å². The number of benzene rings is 1. The monoisotopic (exact) mass is 296 g/mol. The molecule has 4 nitrogen and oxygen atoms in total. The highest BCUT2D eigenvalue weighted by Crippen LogP contribution is 2.30. The summed E-state index contributed by atoms with van der Waals surface area (Å²) < 4.78 is 11.6. The fourth-order valence-electron chi connectivity index (χ4n) is 1.53. The lowest BCUT2D eigenvalue weighted by molar-refractivity contribution is 0.287. The molecule has 0 aliphatic carbocycles. The Balaban J connectivity index is 2.13. The molecule has 100 valence electrons. The molecule has 0 aliphatic heterocycles. The molecule has 1 aromatic heterocycles. The summed E-state index contributed by atoms with van der Waals surface area (Å²) in [6.07, 6.45) is 0. The summed E-state index contributed by atoms with van der Waals surface area (Å²) in [5.41, 5.74) is 6.03. The Morgan fingerprint density at radius 2 is 2.11 bits per heavy atom. The van der Waals surface area contributed by atoms with Gasteiger partial charge in [0.25, 0.3) is 0 Å². The molecular weight excluding hydrogens is 284 g/mol. The van der Waals surface area contributed by atoms with Crippen molar-refractivity contribution >= 4 is 28.8 Å². The molecule has 0 radical (unpaired) electrons. The van der Waals surface area contributed by atoms with Gasteiger partial charge in [0, 0.05) is 10.4 Å². The van der Waals surface area contributed by atoms with Crippen LogP contribution in [0, 0.1) is 5.41 Å². The molecule has 0 unspecified atom stereocenters. The van der Waals surface area contributed by atoms with Gasteiger partial charge in [0.05, 0.1) is 11.4 Å². The number of methoxy groups -OCH3 is 1. The van der Waals surface area contributed by atoms with Crippen LogP contribution in [0.4, 0.5) is 0 Å². The van der Waals surface area contributed by atoms with Crippen LogP contribution in [-0.2, 0) is 6.61 Å². The third-order valence-corrected chi connectivity index (χ3v) is 3.68. The zero-order valence-corrected chi connectivity index (χ0v) is 11.8. The average Bonchev–Trinajstić information content (AvgIpc) is 2.81. The summed E-state index contributed by atoms with van der Waals surface area (Å²) in [7, 11) is 1.55. The highest BCUT2D eigenvalue weighted by Gasteiger charge is 2.08. The van der Waals surface area contributed by atoms with Gasteiger partial charge in [-0.05, 0) is 30.3 Å². The summed E-state index contributed by atoms with van der Waals surface area (Å²) in [5.74, 6) is 1.15.